The van der Waals surface area contributed by atoms with E-state index in [0.717, 1.165) is 52.4 Å². The van der Waals surface area contributed by atoms with Crippen LogP contribution in [0.3, 0.4) is 0 Å². The number of carbonyl (C=O) groups is 5. The Labute approximate surface area is 750 Å². The molecule has 0 saturated heterocycles. The summed E-state index contributed by atoms with van der Waals surface area (Å²) >= 11 is 24.0. The predicted molar refractivity (Wildman–Crippen MR) is 484 cm³/mol. The molecule has 10 heterocycles. The lowest BCUT2D eigenvalue weighted by molar-refractivity contribution is -0.141. The van der Waals surface area contributed by atoms with Gasteiger partial charge in [0.2, 0.25) is 59.3 Å². The van der Waals surface area contributed by atoms with Crippen LogP contribution in [0, 0.1) is 22.6 Å². The van der Waals surface area contributed by atoms with Crippen molar-refractivity contribution in [2.45, 2.75) is 231 Å². The van der Waals surface area contributed by atoms with Crippen molar-refractivity contribution < 1.29 is 65.2 Å². The average molecular weight is 1840 g/mol. The van der Waals surface area contributed by atoms with Gasteiger partial charge < -0.3 is 29.0 Å². The van der Waals surface area contributed by atoms with Crippen LogP contribution in [0.15, 0.2) is 97.2 Å². The van der Waals surface area contributed by atoms with Gasteiger partial charge in [-0.05, 0) is 164 Å². The van der Waals surface area contributed by atoms with Gasteiger partial charge in [0, 0.05) is 57.6 Å². The Bertz CT molecular complexity index is 5470. The van der Waals surface area contributed by atoms with E-state index in [9.17, 15) is 41.5 Å². The average Bonchev–Trinajstić information content (AvgIpc) is 1.66. The highest BCUT2D eigenvalue weighted by molar-refractivity contribution is 6.30. The first-order valence-corrected chi connectivity index (χ1v) is 42.2. The molecule has 11 aromatic rings. The number of alkyl halides is 3. The van der Waals surface area contributed by atoms with E-state index in [4.69, 9.17) is 65.4 Å². The summed E-state index contributed by atoms with van der Waals surface area (Å²) in [6, 6.07) is 23.0. The number of anilines is 5. The lowest BCUT2D eigenvalue weighted by atomic mass is 9.92. The topological polar surface area (TPSA) is 345 Å². The van der Waals surface area contributed by atoms with Gasteiger partial charge >= 0.3 is 12.1 Å². The first-order chi connectivity index (χ1) is 58.2. The maximum absolute atomic E-state index is 13.3. The van der Waals surface area contributed by atoms with E-state index in [-0.39, 0.29) is 113 Å². The Morgan fingerprint density at radius 1 is 0.480 bits per heavy atom. The highest BCUT2D eigenvalue weighted by Crippen LogP contribution is 2.33. The number of hydrogen-bond acceptors (Lipinski definition) is 21. The normalized spacial score (nSPS) is 12.5. The first kappa shape index (κ1) is 102. The third kappa shape index (κ3) is 33.1. The molecule has 1 fully saturated rings. The van der Waals surface area contributed by atoms with Crippen molar-refractivity contribution in [3.63, 3.8) is 0 Å². The summed E-state index contributed by atoms with van der Waals surface area (Å²) in [5, 5.41) is 15.7. The van der Waals surface area contributed by atoms with Crippen LogP contribution >= 0.6 is 58.8 Å². The molecule has 0 spiro atoms. The molecule has 10 aromatic heterocycles. The van der Waals surface area contributed by atoms with E-state index in [0.29, 0.717) is 123 Å². The Morgan fingerprint density at radius 2 is 0.880 bits per heavy atom. The monoisotopic (exact) mass is 1840 g/mol. The number of aromatic nitrogens is 15. The largest absolute Gasteiger partial charge is 0.475 e. The number of hydrogen-bond donors (Lipinski definition) is 5. The molecule has 1 aromatic carbocycles. The molecule has 39 heteroatoms. The van der Waals surface area contributed by atoms with Crippen molar-refractivity contribution in [3.8, 4) is 11.6 Å². The number of nitrogens with one attached hydrogen (secondary N) is 5. The molecule has 125 heavy (non-hydrogen) atoms. The van der Waals surface area contributed by atoms with E-state index in [1.165, 1.54) is 57.1 Å². The van der Waals surface area contributed by atoms with Gasteiger partial charge in [-0.1, -0.05) is 127 Å². The van der Waals surface area contributed by atoms with Gasteiger partial charge in [-0.3, -0.25) is 68.1 Å². The Morgan fingerprint density at radius 3 is 1.31 bits per heavy atom. The third-order valence-electron chi connectivity index (χ3n) is 18.0. The van der Waals surface area contributed by atoms with E-state index in [1.54, 1.807) is 84.7 Å². The van der Waals surface area contributed by atoms with Crippen molar-refractivity contribution in [1.29, 1.82) is 0 Å². The molecule has 12 rings (SSSR count). The Hall–Kier alpha value is -9.94. The molecule has 30 nitrogen and oxygen atoms in total. The number of halogens is 9. The van der Waals surface area contributed by atoms with E-state index >= 15 is 0 Å². The van der Waals surface area contributed by atoms with Crippen molar-refractivity contribution in [3.05, 3.63) is 124 Å². The third-order valence-corrected chi connectivity index (χ3v) is 18.8. The summed E-state index contributed by atoms with van der Waals surface area (Å²) in [7, 11) is 2.95. The van der Waals surface area contributed by atoms with Gasteiger partial charge in [-0.25, -0.2) is 49.2 Å². The summed E-state index contributed by atoms with van der Waals surface area (Å²) in [5.41, 5.74) is 5.98. The maximum atomic E-state index is 13.3. The zero-order valence-electron chi connectivity index (χ0n) is 73.6. The second kappa shape index (κ2) is 46.0. The smallest absolute Gasteiger partial charge is 0.406 e. The van der Waals surface area contributed by atoms with Gasteiger partial charge in [-0.2, -0.15) is 18.2 Å². The molecular weight excluding hydrogens is 1730 g/mol. The number of benzene rings is 1. The summed E-state index contributed by atoms with van der Waals surface area (Å²) in [4.78, 5) is 104. The molecular formula is C86H113Cl5F4N20O10. The van der Waals surface area contributed by atoms with Crippen molar-refractivity contribution in [2.24, 2.45) is 16.7 Å². The maximum Gasteiger partial charge on any atom is 0.406 e. The number of fused-ring (bicyclic) bond motifs is 5. The summed E-state index contributed by atoms with van der Waals surface area (Å²) < 4.78 is 87.0. The van der Waals surface area contributed by atoms with Gasteiger partial charge in [0.25, 0.3) is 0 Å². The summed E-state index contributed by atoms with van der Waals surface area (Å²) in [6.07, 6.45) is 4.44. The molecule has 5 N–H and O–H groups in total. The number of esters is 1. The summed E-state index contributed by atoms with van der Waals surface area (Å²) in [6.45, 7) is 34.6. The number of amides is 4. The molecule has 0 aliphatic heterocycles. The van der Waals surface area contributed by atoms with Crippen LogP contribution in [0.25, 0.3) is 61.5 Å². The van der Waals surface area contributed by atoms with Gasteiger partial charge in [0.1, 0.15) is 60.6 Å². The number of aryl methyl sites for hydroxylation is 2. The fourth-order valence-corrected chi connectivity index (χ4v) is 13.2. The van der Waals surface area contributed by atoms with Crippen LogP contribution in [-0.4, -0.2) is 160 Å². The minimum atomic E-state index is -4.51. The van der Waals surface area contributed by atoms with Gasteiger partial charge in [0.05, 0.1) is 69.3 Å². The fraction of sp³-hybridized carbons (Fsp3) is 0.500. The number of methoxy groups -OCH3 is 2. The number of pyridine rings is 5. The number of imidazole rings is 5. The standard InChI is InChI=1S/C20H22ClFN4O.C18H25F3N4O3.C17H23ClN4O.C16H21ClN4O3.C15H21ClN4O2.ClH/c1-13(11-12-27-20(2,3)4)23-19-24-16-9-10-17(21)25-18(16)26(19)15-7-5-14(22)6-8-15;1-11(2)28-14-7-6-12-15(24-14)25(10-18(19,20)21)16(22-12)23-13(26)8-9-27-17(3,4)5;1-2-11-22-16-13(8-9-14(18)20-16)19-17(22)21-15(23)10-7-12-5-3-4-6-12;1-16(2,3)9-12(22)20-15-18-10-5-6-11(17)19-14(10)21(15)8-7-13(23)24-4;1-15(2,3)9-12(21)19-14-17-10-5-6-11(16)18-13(10)20(14)7-8-22-4;/h5-10H,1,11-12H2,2-4H3,(H,23,24);6-7,11H,8-10H2,1-5H3,(H,22,23,26);8-9,12H,2-7,10-11H2,1H3,(H,19,21,23);5-6H,7-9H2,1-4H3,(H,18,20,22);5-6H,7-9H2,1-4H3,(H,17,19,21);1H. The van der Waals surface area contributed by atoms with Crippen LogP contribution < -0.4 is 31.3 Å². The second-order valence-corrected chi connectivity index (χ2v) is 35.6. The Kier molecular flexibility index (Phi) is 37.6. The quantitative estimate of drug-likeness (QED) is 0.0165. The SMILES string of the molecule is C=C(CCOC(C)(C)C)Nc1nc2ccc(Cl)nc2n1-c1ccc(F)cc1.CC(C)Oc1ccc2nc(NC(=O)CCOC(C)(C)C)n(CC(F)(F)F)c2n1.CCCn1c(NC(=O)CCC2CCCC2)nc2ccc(Cl)nc21.COC(=O)CCn1c(NC(=O)CC(C)(C)C)nc2ccc(Cl)nc21.COCCn1c(NC(=O)CC(C)(C)C)nc2ccc(Cl)nc21.Cl. The van der Waals surface area contributed by atoms with Crippen LogP contribution in [0.5, 0.6) is 5.88 Å². The van der Waals surface area contributed by atoms with Crippen LogP contribution in [0.4, 0.5) is 47.3 Å². The van der Waals surface area contributed by atoms with Crippen molar-refractivity contribution in [2.75, 3.05) is 60.6 Å². The van der Waals surface area contributed by atoms with E-state index < -0.39 is 24.2 Å². The van der Waals surface area contributed by atoms with Crippen LogP contribution in [0.2, 0.25) is 20.6 Å². The van der Waals surface area contributed by atoms with E-state index in [1.807, 2.05) is 98.3 Å². The van der Waals surface area contributed by atoms with Crippen LogP contribution in [-0.2, 0) is 69.1 Å². The molecule has 4 amide bonds. The molecule has 1 saturated carbocycles. The first-order valence-electron chi connectivity index (χ1n) is 40.7. The van der Waals surface area contributed by atoms with Crippen LogP contribution in [0.1, 0.15) is 181 Å². The summed E-state index contributed by atoms with van der Waals surface area (Å²) in [5.74, 6) is 1.25. The predicted octanol–water partition coefficient (Wildman–Crippen LogP) is 20.2. The molecule has 1 aliphatic rings. The molecule has 0 bridgehead atoms. The zero-order valence-corrected chi connectivity index (χ0v) is 77.4. The molecule has 0 unspecified atom stereocenters. The van der Waals surface area contributed by atoms with Gasteiger partial charge in [0.15, 0.2) is 28.2 Å². The van der Waals surface area contributed by atoms with Gasteiger partial charge in [-0.15, -0.1) is 12.4 Å². The minimum absolute atomic E-state index is 0. The highest BCUT2D eigenvalue weighted by Gasteiger charge is 2.32. The highest BCUT2D eigenvalue weighted by atomic mass is 35.5. The minimum Gasteiger partial charge on any atom is -0.475 e. The number of ether oxygens (including phenoxy) is 5. The number of rotatable bonds is 29. The number of carbonyl (C=O) groups excluding carboxylic acids is 5. The lowest BCUT2D eigenvalue weighted by Gasteiger charge is -2.20. The second-order valence-electron chi connectivity index (χ2n) is 34.0. The molecule has 0 radical (unpaired) electrons. The van der Waals surface area contributed by atoms with Crippen molar-refractivity contribution >= 4 is 174 Å². The zero-order chi connectivity index (χ0) is 91.2. The molecule has 1 aliphatic carbocycles. The lowest BCUT2D eigenvalue weighted by Crippen LogP contribution is -2.25. The molecule has 0 atom stereocenters. The molecule has 680 valence electrons. The van der Waals surface area contributed by atoms with E-state index in [2.05, 4.69) is 94.7 Å². The Balaban J connectivity index is 0.000000215. The van der Waals surface area contributed by atoms with Crippen molar-refractivity contribution in [1.82, 2.24) is 72.7 Å². The number of nitrogens with zero attached hydrogens (tertiary/aromatic N) is 15. The fourth-order valence-electron chi connectivity index (χ4n) is 12.6.